The van der Waals surface area contributed by atoms with Gasteiger partial charge in [0.15, 0.2) is 18.1 Å². The van der Waals surface area contributed by atoms with Crippen molar-refractivity contribution in [2.45, 2.75) is 13.1 Å². The third-order valence-corrected chi connectivity index (χ3v) is 6.36. The van der Waals surface area contributed by atoms with Gasteiger partial charge in [-0.05, 0) is 23.3 Å². The van der Waals surface area contributed by atoms with Gasteiger partial charge in [0.2, 0.25) is 0 Å². The molecule has 2 aliphatic heterocycles. The van der Waals surface area contributed by atoms with Crippen LogP contribution in [0.3, 0.4) is 0 Å². The van der Waals surface area contributed by atoms with Crippen molar-refractivity contribution in [2.75, 3.05) is 39.9 Å². The number of amides is 1. The Morgan fingerprint density at radius 2 is 1.89 bits per heavy atom. The molecule has 9 heteroatoms. The largest absolute Gasteiger partial charge is 0.493 e. The molecule has 2 aromatic carbocycles. The fraction of sp³-hybridized carbons (Fsp3) is 0.308. The number of rotatable bonds is 9. The van der Waals surface area contributed by atoms with Crippen LogP contribution in [0, 0.1) is 0 Å². The number of carbonyl (C=O) groups is 1. The second-order valence-corrected chi connectivity index (χ2v) is 8.72. The van der Waals surface area contributed by atoms with Crippen LogP contribution in [0.5, 0.6) is 11.5 Å². The first-order valence-electron chi connectivity index (χ1n) is 11.5. The fourth-order valence-electron chi connectivity index (χ4n) is 3.94. The number of carbonyl (C=O) groups excluding carboxylic acids is 1. The van der Waals surface area contributed by atoms with Crippen LogP contribution < -0.4 is 20.2 Å². The molecule has 8 nitrogen and oxygen atoms in total. The van der Waals surface area contributed by atoms with Crippen LogP contribution in [-0.4, -0.2) is 61.8 Å². The summed E-state index contributed by atoms with van der Waals surface area (Å²) in [7, 11) is 1.58. The Morgan fingerprint density at radius 3 is 2.63 bits per heavy atom. The molecular formula is C26H30ClN5O3. The Labute approximate surface area is 210 Å². The van der Waals surface area contributed by atoms with Crippen molar-refractivity contribution in [3.05, 3.63) is 82.7 Å². The molecule has 184 valence electrons. The molecule has 0 radical (unpaired) electrons. The number of benzene rings is 2. The molecule has 2 heterocycles. The molecule has 35 heavy (non-hydrogen) atoms. The van der Waals surface area contributed by atoms with Gasteiger partial charge in [-0.3, -0.25) is 15.1 Å². The SMILES string of the molecule is C=C1NN=CC(NCc2ccc(OC)c(OCC(=O)N3CCN(Cc4ccccc4)CC3)c2)=C1Cl. The number of hydrogen-bond acceptors (Lipinski definition) is 7. The summed E-state index contributed by atoms with van der Waals surface area (Å²) >= 11 is 6.26. The predicted octanol–water partition coefficient (Wildman–Crippen LogP) is 3.06. The number of nitrogens with one attached hydrogen (secondary N) is 2. The van der Waals surface area contributed by atoms with E-state index in [-0.39, 0.29) is 12.5 Å². The summed E-state index contributed by atoms with van der Waals surface area (Å²) in [4.78, 5) is 17.0. The molecule has 2 aliphatic rings. The lowest BCUT2D eigenvalue weighted by Crippen LogP contribution is -2.49. The highest BCUT2D eigenvalue weighted by Gasteiger charge is 2.22. The number of ether oxygens (including phenoxy) is 2. The van der Waals surface area contributed by atoms with Crippen molar-refractivity contribution in [2.24, 2.45) is 5.10 Å². The molecule has 0 saturated carbocycles. The molecule has 4 rings (SSSR count). The van der Waals surface area contributed by atoms with Gasteiger partial charge in [-0.25, -0.2) is 0 Å². The Balaban J connectivity index is 1.29. The smallest absolute Gasteiger partial charge is 0.260 e. The molecule has 0 spiro atoms. The molecule has 0 atom stereocenters. The van der Waals surface area contributed by atoms with E-state index in [0.717, 1.165) is 25.2 Å². The normalized spacial score (nSPS) is 16.2. The Hall–Kier alpha value is -3.49. The Morgan fingerprint density at radius 1 is 1.11 bits per heavy atom. The zero-order valence-corrected chi connectivity index (χ0v) is 20.6. The number of halogens is 1. The molecule has 0 aromatic heterocycles. The van der Waals surface area contributed by atoms with E-state index in [4.69, 9.17) is 21.1 Å². The number of methoxy groups -OCH3 is 1. The van der Waals surface area contributed by atoms with Crippen LogP contribution in [0.25, 0.3) is 0 Å². The molecule has 0 aliphatic carbocycles. The van der Waals surface area contributed by atoms with Crippen LogP contribution in [0.2, 0.25) is 0 Å². The van der Waals surface area contributed by atoms with Gasteiger partial charge in [0, 0.05) is 39.3 Å². The maximum atomic E-state index is 12.8. The minimum atomic E-state index is -0.0406. The average molecular weight is 496 g/mol. The number of allylic oxidation sites excluding steroid dienone is 2. The van der Waals surface area contributed by atoms with E-state index in [9.17, 15) is 4.79 Å². The summed E-state index contributed by atoms with van der Waals surface area (Å²) in [5, 5.41) is 7.72. The van der Waals surface area contributed by atoms with Gasteiger partial charge in [0.1, 0.15) is 0 Å². The molecule has 1 fully saturated rings. The highest BCUT2D eigenvalue weighted by Crippen LogP contribution is 2.28. The summed E-state index contributed by atoms with van der Waals surface area (Å²) < 4.78 is 11.3. The van der Waals surface area contributed by atoms with Crippen molar-refractivity contribution < 1.29 is 14.3 Å². The van der Waals surface area contributed by atoms with Gasteiger partial charge in [-0.1, -0.05) is 54.6 Å². The summed E-state index contributed by atoms with van der Waals surface area (Å²) in [5.74, 6) is 1.06. The molecule has 0 unspecified atom stereocenters. The number of hydrogen-bond donors (Lipinski definition) is 2. The van der Waals surface area contributed by atoms with Crippen molar-refractivity contribution in [3.8, 4) is 11.5 Å². The monoisotopic (exact) mass is 495 g/mol. The molecule has 2 aromatic rings. The second kappa shape index (κ2) is 11.8. The minimum absolute atomic E-state index is 0.0312. The highest BCUT2D eigenvalue weighted by atomic mass is 35.5. The lowest BCUT2D eigenvalue weighted by atomic mass is 10.2. The van der Waals surface area contributed by atoms with Crippen LogP contribution in [0.1, 0.15) is 11.1 Å². The topological polar surface area (TPSA) is 78.4 Å². The molecule has 1 saturated heterocycles. The maximum Gasteiger partial charge on any atom is 0.260 e. The van der Waals surface area contributed by atoms with Gasteiger partial charge in [0.25, 0.3) is 5.91 Å². The summed E-state index contributed by atoms with van der Waals surface area (Å²) in [6.07, 6.45) is 1.61. The third-order valence-electron chi connectivity index (χ3n) is 5.93. The summed E-state index contributed by atoms with van der Waals surface area (Å²) in [6.45, 7) is 8.22. The predicted molar refractivity (Wildman–Crippen MR) is 137 cm³/mol. The molecule has 2 N–H and O–H groups in total. The Bertz CT molecular complexity index is 1110. The Kier molecular flexibility index (Phi) is 8.28. The minimum Gasteiger partial charge on any atom is -0.493 e. The van der Waals surface area contributed by atoms with Crippen molar-refractivity contribution >= 4 is 23.7 Å². The van der Waals surface area contributed by atoms with E-state index in [0.29, 0.717) is 47.6 Å². The van der Waals surface area contributed by atoms with Crippen LogP contribution in [-0.2, 0) is 17.9 Å². The number of piperazine rings is 1. The summed E-state index contributed by atoms with van der Waals surface area (Å²) in [5.41, 5.74) is 6.16. The first kappa shape index (κ1) is 24.6. The molecule has 1 amide bonds. The standard InChI is InChI=1S/C26H30ClN5O3/c1-19-26(27)22(16-29-30-19)28-15-21-8-9-23(34-2)24(14-21)35-18-25(33)32-12-10-31(11-13-32)17-20-6-4-3-5-7-20/h3-9,14,16,28,30H,1,10-13,15,17-18H2,2H3. The lowest BCUT2D eigenvalue weighted by Gasteiger charge is -2.34. The van der Waals surface area contributed by atoms with Gasteiger partial charge >= 0.3 is 0 Å². The lowest BCUT2D eigenvalue weighted by molar-refractivity contribution is -0.135. The zero-order valence-electron chi connectivity index (χ0n) is 19.8. The van der Waals surface area contributed by atoms with E-state index < -0.39 is 0 Å². The molecular weight excluding hydrogens is 466 g/mol. The van der Waals surface area contributed by atoms with Crippen LogP contribution >= 0.6 is 11.6 Å². The van der Waals surface area contributed by atoms with E-state index in [2.05, 4.69) is 51.6 Å². The van der Waals surface area contributed by atoms with Crippen molar-refractivity contribution in [1.82, 2.24) is 20.5 Å². The molecule has 0 bridgehead atoms. The highest BCUT2D eigenvalue weighted by molar-refractivity contribution is 6.33. The first-order chi connectivity index (χ1) is 17.0. The van der Waals surface area contributed by atoms with Gasteiger partial charge in [-0.2, -0.15) is 5.10 Å². The van der Waals surface area contributed by atoms with E-state index in [1.165, 1.54) is 5.56 Å². The second-order valence-electron chi connectivity index (χ2n) is 8.35. The van der Waals surface area contributed by atoms with E-state index in [1.807, 2.05) is 29.2 Å². The van der Waals surface area contributed by atoms with Crippen molar-refractivity contribution in [1.29, 1.82) is 0 Å². The summed E-state index contributed by atoms with van der Waals surface area (Å²) in [6, 6.07) is 16.0. The van der Waals surface area contributed by atoms with Crippen LogP contribution in [0.4, 0.5) is 0 Å². The number of nitrogens with zero attached hydrogens (tertiary/aromatic N) is 3. The third kappa shape index (κ3) is 6.55. The van der Waals surface area contributed by atoms with Gasteiger partial charge in [0.05, 0.1) is 29.8 Å². The first-order valence-corrected chi connectivity index (χ1v) is 11.9. The quantitative estimate of drug-likeness (QED) is 0.556. The average Bonchev–Trinajstić information content (AvgIpc) is 2.89. The van der Waals surface area contributed by atoms with E-state index in [1.54, 1.807) is 13.3 Å². The fourth-order valence-corrected chi connectivity index (χ4v) is 4.09. The van der Waals surface area contributed by atoms with Crippen molar-refractivity contribution in [3.63, 3.8) is 0 Å². The van der Waals surface area contributed by atoms with Crippen LogP contribution in [0.15, 0.2) is 76.6 Å². The zero-order chi connectivity index (χ0) is 24.6. The number of hydrazone groups is 1. The van der Waals surface area contributed by atoms with Gasteiger partial charge in [-0.15, -0.1) is 0 Å². The van der Waals surface area contributed by atoms with E-state index >= 15 is 0 Å². The maximum absolute atomic E-state index is 12.8. The van der Waals surface area contributed by atoms with Gasteiger partial charge < -0.3 is 19.7 Å².